The summed E-state index contributed by atoms with van der Waals surface area (Å²) in [6, 6.07) is 7.10. The molecule has 5 heteroatoms. The molecule has 0 atom stereocenters. The van der Waals surface area contributed by atoms with Crippen LogP contribution in [0.1, 0.15) is 44.5 Å². The Kier molecular flexibility index (Phi) is 5.95. The highest BCUT2D eigenvalue weighted by molar-refractivity contribution is 7.80. The maximum absolute atomic E-state index is 11.7. The van der Waals surface area contributed by atoms with Crippen LogP contribution < -0.4 is 10.6 Å². The van der Waals surface area contributed by atoms with Gasteiger partial charge in [-0.05, 0) is 57.6 Å². The third-order valence-electron chi connectivity index (χ3n) is 2.97. The highest BCUT2D eigenvalue weighted by atomic mass is 32.1. The van der Waals surface area contributed by atoms with Gasteiger partial charge in [0.1, 0.15) is 0 Å². The van der Waals surface area contributed by atoms with Crippen molar-refractivity contribution in [2.45, 2.75) is 39.7 Å². The van der Waals surface area contributed by atoms with Crippen molar-refractivity contribution in [1.82, 2.24) is 5.32 Å². The zero-order valence-electron chi connectivity index (χ0n) is 12.4. The molecule has 4 nitrogen and oxygen atoms in total. The first kappa shape index (κ1) is 16.4. The lowest BCUT2D eigenvalue weighted by molar-refractivity contribution is 0.0526. The number of benzene rings is 1. The molecule has 20 heavy (non-hydrogen) atoms. The zero-order valence-corrected chi connectivity index (χ0v) is 13.3. The first-order valence-corrected chi connectivity index (χ1v) is 7.15. The molecule has 1 aromatic carbocycles. The van der Waals surface area contributed by atoms with E-state index in [0.717, 1.165) is 12.1 Å². The molecule has 0 spiro atoms. The van der Waals surface area contributed by atoms with Crippen molar-refractivity contribution < 1.29 is 9.53 Å². The second-order valence-corrected chi connectivity index (χ2v) is 5.53. The predicted molar refractivity (Wildman–Crippen MR) is 86.1 cm³/mol. The number of anilines is 1. The Balaban J connectivity index is 2.71. The van der Waals surface area contributed by atoms with Gasteiger partial charge in [0.05, 0.1) is 12.2 Å². The van der Waals surface area contributed by atoms with Crippen LogP contribution in [0, 0.1) is 0 Å². The van der Waals surface area contributed by atoms with Crippen LogP contribution in [0.2, 0.25) is 0 Å². The largest absolute Gasteiger partial charge is 0.462 e. The smallest absolute Gasteiger partial charge is 0.338 e. The minimum Gasteiger partial charge on any atom is -0.462 e. The molecule has 0 amide bonds. The van der Waals surface area contributed by atoms with Gasteiger partial charge in [-0.15, -0.1) is 0 Å². The summed E-state index contributed by atoms with van der Waals surface area (Å²) >= 11 is 5.27. The van der Waals surface area contributed by atoms with Crippen LogP contribution >= 0.6 is 12.2 Å². The second-order valence-electron chi connectivity index (χ2n) is 5.12. The number of nitrogens with one attached hydrogen (secondary N) is 2. The summed E-state index contributed by atoms with van der Waals surface area (Å²) in [5.74, 6) is -0.330. The molecule has 2 N–H and O–H groups in total. The van der Waals surface area contributed by atoms with Crippen LogP contribution in [-0.4, -0.2) is 23.2 Å². The van der Waals surface area contributed by atoms with Crippen LogP contribution in [0.15, 0.2) is 24.3 Å². The minimum absolute atomic E-state index is 0.0666. The van der Waals surface area contributed by atoms with Gasteiger partial charge in [0.25, 0.3) is 0 Å². The fourth-order valence-electron chi connectivity index (χ4n) is 1.50. The van der Waals surface area contributed by atoms with Gasteiger partial charge >= 0.3 is 5.97 Å². The lowest BCUT2D eigenvalue weighted by Crippen LogP contribution is -2.44. The SMILES string of the molecule is CCOC(=O)c1cccc(NC(=S)NC(C)(C)CC)c1. The van der Waals surface area contributed by atoms with Gasteiger partial charge in [0.15, 0.2) is 5.11 Å². The average Bonchev–Trinajstić information content (AvgIpc) is 2.38. The Morgan fingerprint density at radius 2 is 2.05 bits per heavy atom. The van der Waals surface area contributed by atoms with Gasteiger partial charge in [-0.25, -0.2) is 4.79 Å². The fraction of sp³-hybridized carbons (Fsp3) is 0.467. The van der Waals surface area contributed by atoms with Crippen molar-refractivity contribution in [3.05, 3.63) is 29.8 Å². The summed E-state index contributed by atoms with van der Waals surface area (Å²) in [7, 11) is 0. The van der Waals surface area contributed by atoms with E-state index in [1.165, 1.54) is 0 Å². The van der Waals surface area contributed by atoms with Crippen LogP contribution in [-0.2, 0) is 4.74 Å². The first-order valence-electron chi connectivity index (χ1n) is 6.74. The predicted octanol–water partition coefficient (Wildman–Crippen LogP) is 3.34. The fourth-order valence-corrected chi connectivity index (χ4v) is 1.89. The van der Waals surface area contributed by atoms with Gasteiger partial charge in [-0.1, -0.05) is 13.0 Å². The normalized spacial score (nSPS) is 10.8. The Morgan fingerprint density at radius 3 is 2.65 bits per heavy atom. The zero-order chi connectivity index (χ0) is 15.2. The van der Waals surface area contributed by atoms with Gasteiger partial charge in [-0.2, -0.15) is 0 Å². The van der Waals surface area contributed by atoms with Crippen molar-refractivity contribution >= 4 is 29.0 Å². The molecule has 0 fully saturated rings. The lowest BCUT2D eigenvalue weighted by atomic mass is 10.0. The molecule has 0 radical (unpaired) electrons. The van der Waals surface area contributed by atoms with Crippen LogP contribution in [0.5, 0.6) is 0 Å². The van der Waals surface area contributed by atoms with E-state index in [1.54, 1.807) is 25.1 Å². The number of ether oxygens (including phenoxy) is 1. The van der Waals surface area contributed by atoms with E-state index in [9.17, 15) is 4.79 Å². The highest BCUT2D eigenvalue weighted by Gasteiger charge is 2.15. The minimum atomic E-state index is -0.330. The molecular formula is C15H22N2O2S. The van der Waals surface area contributed by atoms with E-state index in [1.807, 2.05) is 6.07 Å². The number of rotatable bonds is 5. The van der Waals surface area contributed by atoms with Gasteiger partial charge in [0, 0.05) is 11.2 Å². The summed E-state index contributed by atoms with van der Waals surface area (Å²) in [4.78, 5) is 11.7. The molecule has 0 aliphatic heterocycles. The topological polar surface area (TPSA) is 50.4 Å². The van der Waals surface area contributed by atoms with E-state index in [0.29, 0.717) is 17.3 Å². The highest BCUT2D eigenvalue weighted by Crippen LogP contribution is 2.13. The molecule has 0 saturated heterocycles. The summed E-state index contributed by atoms with van der Waals surface area (Å²) in [5, 5.41) is 6.85. The molecule has 1 rings (SSSR count). The lowest BCUT2D eigenvalue weighted by Gasteiger charge is -2.26. The van der Waals surface area contributed by atoms with Crippen molar-refractivity contribution in [1.29, 1.82) is 0 Å². The van der Waals surface area contributed by atoms with E-state index in [2.05, 4.69) is 31.4 Å². The van der Waals surface area contributed by atoms with Crippen molar-refractivity contribution in [2.75, 3.05) is 11.9 Å². The quantitative estimate of drug-likeness (QED) is 0.644. The maximum Gasteiger partial charge on any atom is 0.338 e. The molecule has 0 aliphatic rings. The number of hydrogen-bond acceptors (Lipinski definition) is 3. The monoisotopic (exact) mass is 294 g/mol. The number of hydrogen-bond donors (Lipinski definition) is 2. The molecule has 0 aromatic heterocycles. The number of thiocarbonyl (C=S) groups is 1. The second kappa shape index (κ2) is 7.24. The summed E-state index contributed by atoms with van der Waals surface area (Å²) < 4.78 is 4.97. The molecule has 0 heterocycles. The molecule has 0 aliphatic carbocycles. The third kappa shape index (κ3) is 5.17. The standard InChI is InChI=1S/C15H22N2O2S/c1-5-15(3,4)17-14(20)16-12-9-7-8-11(10-12)13(18)19-6-2/h7-10H,5-6H2,1-4H3,(H2,16,17,20). The average molecular weight is 294 g/mol. The number of esters is 1. The first-order chi connectivity index (χ1) is 9.38. The maximum atomic E-state index is 11.7. The summed E-state index contributed by atoms with van der Waals surface area (Å²) in [6.45, 7) is 8.40. The van der Waals surface area contributed by atoms with Crippen LogP contribution in [0.25, 0.3) is 0 Å². The molecule has 0 saturated carbocycles. The van der Waals surface area contributed by atoms with Crippen molar-refractivity contribution in [3.63, 3.8) is 0 Å². The van der Waals surface area contributed by atoms with Gasteiger partial charge in [-0.3, -0.25) is 0 Å². The molecule has 110 valence electrons. The van der Waals surface area contributed by atoms with E-state index in [-0.39, 0.29) is 11.5 Å². The van der Waals surface area contributed by atoms with E-state index < -0.39 is 0 Å². The van der Waals surface area contributed by atoms with Crippen molar-refractivity contribution in [2.24, 2.45) is 0 Å². The molecule has 1 aromatic rings. The van der Waals surface area contributed by atoms with Crippen molar-refractivity contribution in [3.8, 4) is 0 Å². The van der Waals surface area contributed by atoms with E-state index >= 15 is 0 Å². The Morgan fingerprint density at radius 1 is 1.35 bits per heavy atom. The molecule has 0 unspecified atom stereocenters. The summed E-state index contributed by atoms with van der Waals surface area (Å²) in [5.41, 5.74) is 1.21. The van der Waals surface area contributed by atoms with Crippen LogP contribution in [0.3, 0.4) is 0 Å². The van der Waals surface area contributed by atoms with Gasteiger partial charge < -0.3 is 15.4 Å². The number of carbonyl (C=O) groups is 1. The number of carbonyl (C=O) groups excluding carboxylic acids is 1. The molecule has 0 bridgehead atoms. The Hall–Kier alpha value is -1.62. The van der Waals surface area contributed by atoms with E-state index in [4.69, 9.17) is 17.0 Å². The molecular weight excluding hydrogens is 272 g/mol. The third-order valence-corrected chi connectivity index (χ3v) is 3.17. The van der Waals surface area contributed by atoms with Gasteiger partial charge in [0.2, 0.25) is 0 Å². The van der Waals surface area contributed by atoms with Crippen LogP contribution in [0.4, 0.5) is 5.69 Å². The Labute approximate surface area is 125 Å². The Bertz CT molecular complexity index is 487. The summed E-state index contributed by atoms with van der Waals surface area (Å²) in [6.07, 6.45) is 0.956.